The summed E-state index contributed by atoms with van der Waals surface area (Å²) in [5.74, 6) is 2.66. The molecule has 0 aromatic carbocycles. The normalized spacial score (nSPS) is 12.4. The molecule has 0 aliphatic carbocycles. The van der Waals surface area contributed by atoms with E-state index >= 15 is 0 Å². The lowest BCUT2D eigenvalue weighted by atomic mass is 10.0. The van der Waals surface area contributed by atoms with Crippen LogP contribution in [0, 0.1) is 12.3 Å². The summed E-state index contributed by atoms with van der Waals surface area (Å²) in [6.45, 7) is 7.77. The number of carbonyl (C=O) groups is 1. The number of aromatic nitrogens is 1. The first-order valence-electron chi connectivity index (χ1n) is 6.18. The standard InChI is InChI=1S/C15H20N2O2/c1-6-11(2)13-7-12(8-16-10-13)9-17-14(18)19-15(3,4)5/h1,7-8,10-11H,9H2,2-5H3,(H,17,18). The quantitative estimate of drug-likeness (QED) is 0.850. The maximum absolute atomic E-state index is 11.5. The molecule has 0 saturated heterocycles. The van der Waals surface area contributed by atoms with E-state index < -0.39 is 11.7 Å². The van der Waals surface area contributed by atoms with Crippen LogP contribution >= 0.6 is 0 Å². The van der Waals surface area contributed by atoms with Gasteiger partial charge in [-0.25, -0.2) is 4.79 Å². The van der Waals surface area contributed by atoms with Crippen molar-refractivity contribution in [3.8, 4) is 12.3 Å². The Hall–Kier alpha value is -2.02. The molecule has 1 atom stereocenters. The predicted molar refractivity (Wildman–Crippen MR) is 74.6 cm³/mol. The van der Waals surface area contributed by atoms with E-state index in [1.807, 2.05) is 33.8 Å². The fourth-order valence-electron chi connectivity index (χ4n) is 1.43. The Labute approximate surface area is 114 Å². The van der Waals surface area contributed by atoms with Gasteiger partial charge in [0.2, 0.25) is 0 Å². The molecule has 0 bridgehead atoms. The fraction of sp³-hybridized carbons (Fsp3) is 0.467. The number of hydrogen-bond acceptors (Lipinski definition) is 3. The largest absolute Gasteiger partial charge is 0.444 e. The van der Waals surface area contributed by atoms with Crippen LogP contribution in [0.4, 0.5) is 4.79 Å². The van der Waals surface area contributed by atoms with Crippen LogP contribution in [0.25, 0.3) is 0 Å². The Morgan fingerprint density at radius 3 is 2.79 bits per heavy atom. The second-order valence-corrected chi connectivity index (χ2v) is 5.37. The Kier molecular flexibility index (Phi) is 4.94. The first-order chi connectivity index (χ1) is 8.81. The van der Waals surface area contributed by atoms with Crippen LogP contribution in [0.15, 0.2) is 18.5 Å². The zero-order valence-corrected chi connectivity index (χ0v) is 11.9. The van der Waals surface area contributed by atoms with Gasteiger partial charge in [0.1, 0.15) is 5.60 Å². The van der Waals surface area contributed by atoms with E-state index in [9.17, 15) is 4.79 Å². The van der Waals surface area contributed by atoms with Crippen molar-refractivity contribution >= 4 is 6.09 Å². The monoisotopic (exact) mass is 260 g/mol. The smallest absolute Gasteiger partial charge is 0.407 e. The van der Waals surface area contributed by atoms with Gasteiger partial charge < -0.3 is 10.1 Å². The minimum absolute atomic E-state index is 0.00831. The number of nitrogens with zero attached hydrogens (tertiary/aromatic N) is 1. The van der Waals surface area contributed by atoms with E-state index in [0.29, 0.717) is 6.54 Å². The van der Waals surface area contributed by atoms with E-state index in [4.69, 9.17) is 11.2 Å². The van der Waals surface area contributed by atoms with Gasteiger partial charge in [-0.2, -0.15) is 0 Å². The van der Waals surface area contributed by atoms with Crippen LogP contribution in [-0.2, 0) is 11.3 Å². The molecular weight excluding hydrogens is 240 g/mol. The number of terminal acetylenes is 1. The molecule has 1 amide bonds. The molecule has 1 aromatic heterocycles. The number of nitrogens with one attached hydrogen (secondary N) is 1. The fourth-order valence-corrected chi connectivity index (χ4v) is 1.43. The Bertz CT molecular complexity index is 484. The number of amides is 1. The number of carbonyl (C=O) groups excluding carboxylic acids is 1. The third-order valence-corrected chi connectivity index (χ3v) is 2.40. The number of alkyl carbamates (subject to hydrolysis) is 1. The SMILES string of the molecule is C#CC(C)c1cncc(CNC(=O)OC(C)(C)C)c1. The molecule has 0 fully saturated rings. The molecule has 0 aliphatic rings. The minimum Gasteiger partial charge on any atom is -0.444 e. The van der Waals surface area contributed by atoms with Gasteiger partial charge >= 0.3 is 6.09 Å². The van der Waals surface area contributed by atoms with Gasteiger partial charge in [0, 0.05) is 24.9 Å². The molecular formula is C15H20N2O2. The highest BCUT2D eigenvalue weighted by molar-refractivity contribution is 5.67. The summed E-state index contributed by atoms with van der Waals surface area (Å²) in [4.78, 5) is 15.6. The average Bonchev–Trinajstić information content (AvgIpc) is 2.34. The van der Waals surface area contributed by atoms with Crippen LogP contribution in [-0.4, -0.2) is 16.7 Å². The van der Waals surface area contributed by atoms with Gasteiger partial charge in [-0.3, -0.25) is 4.98 Å². The molecule has 4 heteroatoms. The molecule has 1 N–H and O–H groups in total. The number of pyridine rings is 1. The third kappa shape index (κ3) is 5.43. The first kappa shape index (κ1) is 15.0. The molecule has 1 unspecified atom stereocenters. The maximum Gasteiger partial charge on any atom is 0.407 e. The lowest BCUT2D eigenvalue weighted by molar-refractivity contribution is 0.0523. The Morgan fingerprint density at radius 1 is 1.53 bits per heavy atom. The molecule has 0 spiro atoms. The molecule has 0 saturated carbocycles. The van der Waals surface area contributed by atoms with Gasteiger partial charge in [-0.05, 0) is 44.9 Å². The third-order valence-electron chi connectivity index (χ3n) is 2.40. The van der Waals surface area contributed by atoms with E-state index in [1.54, 1.807) is 12.4 Å². The van der Waals surface area contributed by atoms with Crippen LogP contribution in [0.5, 0.6) is 0 Å². The first-order valence-corrected chi connectivity index (χ1v) is 6.18. The van der Waals surface area contributed by atoms with Gasteiger partial charge in [0.05, 0.1) is 0 Å². The minimum atomic E-state index is -0.498. The molecule has 4 nitrogen and oxygen atoms in total. The Morgan fingerprint density at radius 2 is 2.21 bits per heavy atom. The summed E-state index contributed by atoms with van der Waals surface area (Å²) in [6.07, 6.45) is 8.37. The lowest BCUT2D eigenvalue weighted by Gasteiger charge is -2.19. The molecule has 1 aromatic rings. The summed E-state index contributed by atoms with van der Waals surface area (Å²) in [5.41, 5.74) is 1.36. The second-order valence-electron chi connectivity index (χ2n) is 5.37. The van der Waals surface area contributed by atoms with Crippen molar-refractivity contribution in [2.45, 2.75) is 45.8 Å². The molecule has 0 radical (unpaired) electrons. The number of hydrogen-bond donors (Lipinski definition) is 1. The summed E-state index contributed by atoms with van der Waals surface area (Å²) >= 11 is 0. The Balaban J connectivity index is 2.59. The van der Waals surface area contributed by atoms with Crippen LogP contribution < -0.4 is 5.32 Å². The van der Waals surface area contributed by atoms with Gasteiger partial charge in [0.25, 0.3) is 0 Å². The highest BCUT2D eigenvalue weighted by Gasteiger charge is 2.15. The highest BCUT2D eigenvalue weighted by atomic mass is 16.6. The van der Waals surface area contributed by atoms with E-state index in [1.165, 1.54) is 0 Å². The van der Waals surface area contributed by atoms with Crippen LogP contribution in [0.3, 0.4) is 0 Å². The summed E-state index contributed by atoms with van der Waals surface area (Å²) in [5, 5.41) is 2.69. The van der Waals surface area contributed by atoms with Gasteiger partial charge in [-0.15, -0.1) is 6.42 Å². The van der Waals surface area contributed by atoms with Crippen molar-refractivity contribution in [1.29, 1.82) is 0 Å². The maximum atomic E-state index is 11.5. The number of rotatable bonds is 3. The summed E-state index contributed by atoms with van der Waals surface area (Å²) in [7, 11) is 0. The highest BCUT2D eigenvalue weighted by Crippen LogP contribution is 2.14. The second kappa shape index (κ2) is 6.24. The van der Waals surface area contributed by atoms with Crippen molar-refractivity contribution in [2.24, 2.45) is 0 Å². The van der Waals surface area contributed by atoms with Crippen molar-refractivity contribution < 1.29 is 9.53 Å². The van der Waals surface area contributed by atoms with Gasteiger partial charge in [0.15, 0.2) is 0 Å². The molecule has 102 valence electrons. The molecule has 19 heavy (non-hydrogen) atoms. The van der Waals surface area contributed by atoms with Crippen molar-refractivity contribution in [1.82, 2.24) is 10.3 Å². The molecule has 1 rings (SSSR count). The average molecular weight is 260 g/mol. The van der Waals surface area contributed by atoms with E-state index in [0.717, 1.165) is 11.1 Å². The van der Waals surface area contributed by atoms with Crippen molar-refractivity contribution in [3.05, 3.63) is 29.6 Å². The van der Waals surface area contributed by atoms with Crippen LogP contribution in [0.2, 0.25) is 0 Å². The topological polar surface area (TPSA) is 51.2 Å². The lowest BCUT2D eigenvalue weighted by Crippen LogP contribution is -2.32. The predicted octanol–water partition coefficient (Wildman–Crippen LogP) is 2.84. The van der Waals surface area contributed by atoms with Crippen molar-refractivity contribution in [3.63, 3.8) is 0 Å². The van der Waals surface area contributed by atoms with E-state index in [2.05, 4.69) is 16.2 Å². The summed E-state index contributed by atoms with van der Waals surface area (Å²) in [6, 6.07) is 1.94. The molecule has 0 aliphatic heterocycles. The van der Waals surface area contributed by atoms with Gasteiger partial charge in [-0.1, -0.05) is 5.92 Å². The summed E-state index contributed by atoms with van der Waals surface area (Å²) < 4.78 is 5.16. The number of ether oxygens (including phenoxy) is 1. The van der Waals surface area contributed by atoms with Crippen molar-refractivity contribution in [2.75, 3.05) is 0 Å². The molecule has 1 heterocycles. The zero-order valence-electron chi connectivity index (χ0n) is 11.9. The zero-order chi connectivity index (χ0) is 14.5. The van der Waals surface area contributed by atoms with Crippen LogP contribution in [0.1, 0.15) is 44.7 Å². The van der Waals surface area contributed by atoms with E-state index in [-0.39, 0.29) is 5.92 Å².